The maximum Gasteiger partial charge on any atom is 0.266 e. The van der Waals surface area contributed by atoms with Gasteiger partial charge in [0.1, 0.15) is 17.6 Å². The summed E-state index contributed by atoms with van der Waals surface area (Å²) in [6.07, 6.45) is 1.51. The summed E-state index contributed by atoms with van der Waals surface area (Å²) in [7, 11) is 0. The van der Waals surface area contributed by atoms with Crippen molar-refractivity contribution >= 4 is 0 Å². The Bertz CT molecular complexity index is 938. The lowest BCUT2D eigenvalue weighted by molar-refractivity contribution is 0.0928. The Morgan fingerprint density at radius 2 is 1.96 bits per heavy atom. The van der Waals surface area contributed by atoms with E-state index in [4.69, 9.17) is 9.26 Å². The Morgan fingerprint density at radius 3 is 2.56 bits per heavy atom. The van der Waals surface area contributed by atoms with Crippen molar-refractivity contribution in [1.29, 1.82) is 0 Å². The number of aryl methyl sites for hydroxylation is 1. The first-order valence-electron chi connectivity index (χ1n) is 8.49. The SMILES string of the molecule is Cc1cc(-c2cnc(OC3CC(c4ccc(C(F)F)c(F)c4)C3)cn2)on1. The molecule has 0 saturated heterocycles. The van der Waals surface area contributed by atoms with Gasteiger partial charge in [-0.15, -0.1) is 0 Å². The van der Waals surface area contributed by atoms with Crippen LogP contribution in [0.4, 0.5) is 13.2 Å². The topological polar surface area (TPSA) is 61.0 Å². The zero-order valence-corrected chi connectivity index (χ0v) is 14.4. The molecule has 2 aromatic heterocycles. The molecule has 5 nitrogen and oxygen atoms in total. The van der Waals surface area contributed by atoms with Crippen LogP contribution < -0.4 is 4.74 Å². The predicted octanol–water partition coefficient (Wildman–Crippen LogP) is 4.84. The van der Waals surface area contributed by atoms with Gasteiger partial charge < -0.3 is 9.26 Å². The number of rotatable bonds is 5. The van der Waals surface area contributed by atoms with Crippen molar-refractivity contribution in [3.8, 4) is 17.3 Å². The zero-order valence-electron chi connectivity index (χ0n) is 14.4. The van der Waals surface area contributed by atoms with Crippen LogP contribution in [-0.2, 0) is 0 Å². The van der Waals surface area contributed by atoms with E-state index in [-0.39, 0.29) is 12.0 Å². The zero-order chi connectivity index (χ0) is 19.0. The van der Waals surface area contributed by atoms with Gasteiger partial charge in [-0.25, -0.2) is 23.1 Å². The van der Waals surface area contributed by atoms with Gasteiger partial charge in [0.25, 0.3) is 6.43 Å². The largest absolute Gasteiger partial charge is 0.473 e. The fourth-order valence-electron chi connectivity index (χ4n) is 3.07. The number of hydrogen-bond donors (Lipinski definition) is 0. The summed E-state index contributed by atoms with van der Waals surface area (Å²) < 4.78 is 49.8. The number of nitrogens with zero attached hydrogens (tertiary/aromatic N) is 3. The monoisotopic (exact) mass is 375 g/mol. The van der Waals surface area contributed by atoms with Gasteiger partial charge >= 0.3 is 0 Å². The van der Waals surface area contributed by atoms with Crippen molar-refractivity contribution < 1.29 is 22.4 Å². The minimum Gasteiger partial charge on any atom is -0.473 e. The van der Waals surface area contributed by atoms with Crippen molar-refractivity contribution in [2.45, 2.75) is 38.2 Å². The van der Waals surface area contributed by atoms with Crippen molar-refractivity contribution in [2.24, 2.45) is 0 Å². The molecule has 1 fully saturated rings. The third-order valence-corrected chi connectivity index (χ3v) is 4.62. The van der Waals surface area contributed by atoms with E-state index in [0.717, 1.165) is 11.8 Å². The molecule has 8 heteroatoms. The lowest BCUT2D eigenvalue weighted by atomic mass is 9.77. The first kappa shape index (κ1) is 17.5. The Labute approximate surface area is 153 Å². The van der Waals surface area contributed by atoms with Crippen LogP contribution in [-0.4, -0.2) is 21.2 Å². The van der Waals surface area contributed by atoms with Gasteiger partial charge in [0, 0.05) is 6.07 Å². The van der Waals surface area contributed by atoms with Crippen LogP contribution in [0.15, 0.2) is 41.2 Å². The second kappa shape index (κ2) is 7.02. The lowest BCUT2D eigenvalue weighted by Gasteiger charge is -2.35. The third-order valence-electron chi connectivity index (χ3n) is 4.62. The Hall–Kier alpha value is -2.90. The summed E-state index contributed by atoms with van der Waals surface area (Å²) in [5.74, 6) is 0.138. The maximum atomic E-state index is 13.7. The van der Waals surface area contributed by atoms with Crippen LogP contribution in [0.25, 0.3) is 11.5 Å². The van der Waals surface area contributed by atoms with E-state index in [9.17, 15) is 13.2 Å². The first-order valence-corrected chi connectivity index (χ1v) is 8.49. The fraction of sp³-hybridized carbons (Fsp3) is 0.316. The van der Waals surface area contributed by atoms with E-state index in [0.29, 0.717) is 35.7 Å². The number of ether oxygens (including phenoxy) is 1. The molecule has 0 atom stereocenters. The highest BCUT2D eigenvalue weighted by Gasteiger charge is 2.33. The van der Waals surface area contributed by atoms with Crippen LogP contribution in [0.5, 0.6) is 5.88 Å². The second-order valence-electron chi connectivity index (χ2n) is 6.56. The highest BCUT2D eigenvalue weighted by atomic mass is 19.3. The molecule has 2 heterocycles. The van der Waals surface area contributed by atoms with E-state index in [1.54, 1.807) is 18.3 Å². The Morgan fingerprint density at radius 1 is 1.15 bits per heavy atom. The minimum atomic E-state index is -2.81. The molecule has 1 aliphatic carbocycles. The molecule has 3 aromatic rings. The molecule has 0 aliphatic heterocycles. The van der Waals surface area contributed by atoms with Gasteiger partial charge in [-0.05, 0) is 37.3 Å². The molecule has 140 valence electrons. The number of alkyl halides is 2. The molecule has 0 bridgehead atoms. The molecule has 1 saturated carbocycles. The van der Waals surface area contributed by atoms with Gasteiger partial charge in [0.15, 0.2) is 5.76 Å². The highest BCUT2D eigenvalue weighted by molar-refractivity contribution is 5.50. The van der Waals surface area contributed by atoms with E-state index in [1.165, 1.54) is 12.3 Å². The summed E-state index contributed by atoms with van der Waals surface area (Å²) in [5.41, 5.74) is 1.46. The molecule has 0 spiro atoms. The van der Waals surface area contributed by atoms with Gasteiger partial charge in [0.2, 0.25) is 5.88 Å². The molecule has 4 rings (SSSR count). The van der Waals surface area contributed by atoms with Crippen molar-refractivity contribution in [3.63, 3.8) is 0 Å². The van der Waals surface area contributed by atoms with E-state index < -0.39 is 17.8 Å². The molecule has 0 N–H and O–H groups in total. The second-order valence-corrected chi connectivity index (χ2v) is 6.56. The van der Waals surface area contributed by atoms with Gasteiger partial charge in [-0.1, -0.05) is 17.3 Å². The third kappa shape index (κ3) is 3.65. The summed E-state index contributed by atoms with van der Waals surface area (Å²) in [4.78, 5) is 8.46. The molecule has 1 aliphatic rings. The predicted molar refractivity (Wildman–Crippen MR) is 90.0 cm³/mol. The van der Waals surface area contributed by atoms with E-state index in [2.05, 4.69) is 15.1 Å². The molecule has 1 aromatic carbocycles. The number of aromatic nitrogens is 3. The first-order chi connectivity index (χ1) is 13.0. The number of benzene rings is 1. The Balaban J connectivity index is 1.34. The van der Waals surface area contributed by atoms with Crippen LogP contribution in [0.2, 0.25) is 0 Å². The number of hydrogen-bond acceptors (Lipinski definition) is 5. The molecule has 27 heavy (non-hydrogen) atoms. The van der Waals surface area contributed by atoms with Crippen LogP contribution in [0.3, 0.4) is 0 Å². The average molecular weight is 375 g/mol. The smallest absolute Gasteiger partial charge is 0.266 e. The standard InChI is InChI=1S/C19H16F3N3O2/c1-10-4-17(27-25-10)16-8-24-18(9-23-16)26-13-5-12(6-13)11-2-3-14(19(21)22)15(20)7-11/h2-4,7-9,12-13,19H,5-6H2,1H3. The molecule has 0 radical (unpaired) electrons. The Kier molecular flexibility index (Phi) is 4.55. The van der Waals surface area contributed by atoms with Crippen molar-refractivity contribution in [1.82, 2.24) is 15.1 Å². The molecular weight excluding hydrogens is 359 g/mol. The van der Waals surface area contributed by atoms with Gasteiger partial charge in [-0.3, -0.25) is 0 Å². The molecular formula is C19H16F3N3O2. The summed E-state index contributed by atoms with van der Waals surface area (Å²) in [6.45, 7) is 1.82. The van der Waals surface area contributed by atoms with Crippen LogP contribution in [0.1, 0.15) is 42.0 Å². The number of halogens is 3. The average Bonchev–Trinajstić information content (AvgIpc) is 3.04. The van der Waals surface area contributed by atoms with Crippen LogP contribution >= 0.6 is 0 Å². The van der Waals surface area contributed by atoms with E-state index in [1.807, 2.05) is 6.92 Å². The molecule has 0 unspecified atom stereocenters. The summed E-state index contributed by atoms with van der Waals surface area (Å²) in [5, 5.41) is 3.80. The van der Waals surface area contributed by atoms with Gasteiger partial charge in [0.05, 0.1) is 23.7 Å². The van der Waals surface area contributed by atoms with Crippen LogP contribution in [0, 0.1) is 12.7 Å². The quantitative estimate of drug-likeness (QED) is 0.638. The van der Waals surface area contributed by atoms with Gasteiger partial charge in [-0.2, -0.15) is 0 Å². The summed E-state index contributed by atoms with van der Waals surface area (Å²) in [6, 6.07) is 5.66. The highest BCUT2D eigenvalue weighted by Crippen LogP contribution is 2.40. The normalized spacial score (nSPS) is 19.1. The minimum absolute atomic E-state index is 0.0690. The molecule has 0 amide bonds. The fourth-order valence-corrected chi connectivity index (χ4v) is 3.07. The van der Waals surface area contributed by atoms with Crippen molar-refractivity contribution in [2.75, 3.05) is 0 Å². The van der Waals surface area contributed by atoms with Crippen molar-refractivity contribution in [3.05, 3.63) is 59.3 Å². The van der Waals surface area contributed by atoms with E-state index >= 15 is 0 Å². The summed E-state index contributed by atoms with van der Waals surface area (Å²) >= 11 is 0. The lowest BCUT2D eigenvalue weighted by Crippen LogP contribution is -2.32. The maximum absolute atomic E-state index is 13.7.